The van der Waals surface area contributed by atoms with E-state index in [0.717, 1.165) is 44.2 Å². The fraction of sp³-hybridized carbons (Fsp3) is 0.476. The lowest BCUT2D eigenvalue weighted by Crippen LogP contribution is -2.30. The number of rotatable bonds is 6. The Balaban J connectivity index is 1.68. The average molecular weight is 383 g/mol. The smallest absolute Gasteiger partial charge is 0.251 e. The van der Waals surface area contributed by atoms with Crippen molar-refractivity contribution >= 4 is 5.91 Å². The molecule has 3 rings (SSSR count). The van der Waals surface area contributed by atoms with Crippen LogP contribution in [0.25, 0.3) is 0 Å². The predicted octanol–water partition coefficient (Wildman–Crippen LogP) is 2.60. The first kappa shape index (κ1) is 20.1. The summed E-state index contributed by atoms with van der Waals surface area (Å²) in [7, 11) is 1.59. The fourth-order valence-electron chi connectivity index (χ4n) is 3.31. The quantitative estimate of drug-likeness (QED) is 0.777. The molecule has 2 aromatic rings. The molecule has 2 heterocycles. The van der Waals surface area contributed by atoms with Crippen molar-refractivity contribution < 1.29 is 9.53 Å². The predicted molar refractivity (Wildman–Crippen MR) is 108 cm³/mol. The number of hydrogen-bond acceptors (Lipinski definition) is 5. The number of allylic oxidation sites excluding steroid dienone is 1. The number of nitrogens with zero attached hydrogens (tertiary/aromatic N) is 4. The van der Waals surface area contributed by atoms with Crippen LogP contribution in [-0.2, 0) is 13.0 Å². The van der Waals surface area contributed by atoms with Gasteiger partial charge in [-0.3, -0.25) is 9.69 Å². The molecule has 1 aromatic heterocycles. The van der Waals surface area contributed by atoms with Crippen LogP contribution in [0, 0.1) is 0 Å². The third-order valence-electron chi connectivity index (χ3n) is 4.97. The van der Waals surface area contributed by atoms with Crippen molar-refractivity contribution in [3.05, 3.63) is 53.1 Å². The second kappa shape index (κ2) is 9.01. The average Bonchev–Trinajstić information content (AvgIpc) is 2.99. The summed E-state index contributed by atoms with van der Waals surface area (Å²) >= 11 is 0. The highest BCUT2D eigenvalue weighted by Gasteiger charge is 2.22. The van der Waals surface area contributed by atoms with Gasteiger partial charge >= 0.3 is 0 Å². The summed E-state index contributed by atoms with van der Waals surface area (Å²) in [5.74, 6) is 2.29. The Morgan fingerprint density at radius 1 is 1.29 bits per heavy atom. The summed E-state index contributed by atoms with van der Waals surface area (Å²) in [6, 6.07) is 6.90. The highest BCUT2D eigenvalue weighted by atomic mass is 16.5. The Kier molecular flexibility index (Phi) is 6.46. The maximum Gasteiger partial charge on any atom is 0.251 e. The lowest BCUT2D eigenvalue weighted by molar-refractivity contribution is 0.0937. The van der Waals surface area contributed by atoms with Crippen LogP contribution in [0.15, 0.2) is 35.9 Å². The van der Waals surface area contributed by atoms with Gasteiger partial charge in [0.05, 0.1) is 13.2 Å². The van der Waals surface area contributed by atoms with E-state index in [1.807, 2.05) is 19.1 Å². The van der Waals surface area contributed by atoms with Gasteiger partial charge in [-0.05, 0) is 39.0 Å². The Labute approximate surface area is 166 Å². The van der Waals surface area contributed by atoms with Gasteiger partial charge in [-0.1, -0.05) is 17.7 Å². The lowest BCUT2D eigenvalue weighted by atomic mass is 10.2. The zero-order chi connectivity index (χ0) is 20.1. The van der Waals surface area contributed by atoms with Crippen molar-refractivity contribution in [2.24, 2.45) is 0 Å². The Hall–Kier alpha value is -2.67. The molecule has 150 valence electrons. The fourth-order valence-corrected chi connectivity index (χ4v) is 3.31. The summed E-state index contributed by atoms with van der Waals surface area (Å²) in [5.41, 5.74) is 1.90. The van der Waals surface area contributed by atoms with Crippen LogP contribution in [0.3, 0.4) is 0 Å². The topological polar surface area (TPSA) is 72.3 Å². The molecule has 0 bridgehead atoms. The number of methoxy groups -OCH3 is 1. The second-order valence-corrected chi connectivity index (χ2v) is 7.39. The summed E-state index contributed by atoms with van der Waals surface area (Å²) < 4.78 is 7.35. The first-order valence-electron chi connectivity index (χ1n) is 9.70. The van der Waals surface area contributed by atoms with Crippen LogP contribution >= 0.6 is 0 Å². The number of carbonyl (C=O) groups excluding carboxylic acids is 1. The first-order valence-corrected chi connectivity index (χ1v) is 9.70. The number of aromatic nitrogens is 3. The molecule has 0 aliphatic carbocycles. The normalized spacial score (nSPS) is 15.3. The third kappa shape index (κ3) is 4.78. The van der Waals surface area contributed by atoms with Crippen molar-refractivity contribution in [2.75, 3.05) is 26.7 Å². The lowest BCUT2D eigenvalue weighted by Gasteiger charge is -2.18. The number of hydrogen-bond donors (Lipinski definition) is 1. The van der Waals surface area contributed by atoms with E-state index in [1.54, 1.807) is 19.2 Å². The van der Waals surface area contributed by atoms with E-state index in [-0.39, 0.29) is 11.9 Å². The van der Waals surface area contributed by atoms with Gasteiger partial charge < -0.3 is 14.6 Å². The molecule has 1 aromatic carbocycles. The Bertz CT molecular complexity index is 854. The monoisotopic (exact) mass is 383 g/mol. The number of amides is 1. The molecule has 0 spiro atoms. The number of carbonyl (C=O) groups is 1. The molecule has 1 amide bonds. The Morgan fingerprint density at radius 3 is 2.86 bits per heavy atom. The molecule has 1 aliphatic rings. The second-order valence-electron chi connectivity index (χ2n) is 7.39. The first-order chi connectivity index (χ1) is 13.5. The van der Waals surface area contributed by atoms with E-state index >= 15 is 0 Å². The van der Waals surface area contributed by atoms with Gasteiger partial charge in [0.25, 0.3) is 5.91 Å². The van der Waals surface area contributed by atoms with Crippen molar-refractivity contribution in [3.63, 3.8) is 0 Å². The zero-order valence-electron chi connectivity index (χ0n) is 17.1. The van der Waals surface area contributed by atoms with E-state index in [1.165, 1.54) is 5.57 Å². The van der Waals surface area contributed by atoms with Gasteiger partial charge in [0.15, 0.2) is 5.82 Å². The molecule has 1 aliphatic heterocycles. The standard InChI is InChI=1S/C21H29N5O2/c1-15(2)8-10-25-11-9-19-23-24-20(26(19)13-12-25)16(3)22-21(27)17-6-5-7-18(14-17)28-4/h5-8,14,16H,9-13H2,1-4H3,(H,22,27). The number of ether oxygens (including phenoxy) is 1. The molecule has 7 heteroatoms. The van der Waals surface area contributed by atoms with Crippen molar-refractivity contribution in [1.29, 1.82) is 0 Å². The van der Waals surface area contributed by atoms with E-state index in [2.05, 4.69) is 44.9 Å². The maximum atomic E-state index is 12.6. The van der Waals surface area contributed by atoms with Gasteiger partial charge in [0.1, 0.15) is 11.6 Å². The molecule has 1 N–H and O–H groups in total. The molecule has 0 saturated carbocycles. The zero-order valence-corrected chi connectivity index (χ0v) is 17.1. The van der Waals surface area contributed by atoms with Gasteiger partial charge in [-0.15, -0.1) is 10.2 Å². The SMILES string of the molecule is COc1cccc(C(=O)NC(C)c2nnc3n2CCN(CC=C(C)C)CC3)c1. The van der Waals surface area contributed by atoms with Gasteiger partial charge in [-0.2, -0.15) is 0 Å². The molecule has 1 atom stereocenters. The van der Waals surface area contributed by atoms with Crippen LogP contribution in [0.5, 0.6) is 5.75 Å². The van der Waals surface area contributed by atoms with E-state index in [4.69, 9.17) is 4.74 Å². The minimum atomic E-state index is -0.232. The molecular weight excluding hydrogens is 354 g/mol. The number of nitrogens with one attached hydrogen (secondary N) is 1. The molecule has 0 radical (unpaired) electrons. The van der Waals surface area contributed by atoms with Crippen LogP contribution < -0.4 is 10.1 Å². The van der Waals surface area contributed by atoms with Crippen molar-refractivity contribution in [1.82, 2.24) is 25.0 Å². The van der Waals surface area contributed by atoms with E-state index in [9.17, 15) is 4.79 Å². The Morgan fingerprint density at radius 2 is 2.11 bits per heavy atom. The van der Waals surface area contributed by atoms with Gasteiger partial charge in [0, 0.05) is 38.2 Å². The number of fused-ring (bicyclic) bond motifs is 1. The molecule has 0 fully saturated rings. The van der Waals surface area contributed by atoms with Crippen molar-refractivity contribution in [3.8, 4) is 5.75 Å². The molecule has 28 heavy (non-hydrogen) atoms. The molecule has 1 unspecified atom stereocenters. The molecule has 0 saturated heterocycles. The van der Waals surface area contributed by atoms with Crippen LogP contribution in [0.2, 0.25) is 0 Å². The van der Waals surface area contributed by atoms with Gasteiger partial charge in [-0.25, -0.2) is 0 Å². The van der Waals surface area contributed by atoms with Crippen molar-refractivity contribution in [2.45, 2.75) is 39.8 Å². The summed E-state index contributed by atoms with van der Waals surface area (Å²) in [6.07, 6.45) is 3.12. The number of benzene rings is 1. The van der Waals surface area contributed by atoms with Crippen LogP contribution in [0.4, 0.5) is 0 Å². The summed E-state index contributed by atoms with van der Waals surface area (Å²) in [6.45, 7) is 9.88. The highest BCUT2D eigenvalue weighted by Crippen LogP contribution is 2.17. The highest BCUT2D eigenvalue weighted by molar-refractivity contribution is 5.94. The molecular formula is C21H29N5O2. The van der Waals surface area contributed by atoms with Gasteiger partial charge in [0.2, 0.25) is 0 Å². The van der Waals surface area contributed by atoms with E-state index in [0.29, 0.717) is 11.3 Å². The minimum Gasteiger partial charge on any atom is -0.497 e. The third-order valence-corrected chi connectivity index (χ3v) is 4.97. The molecule has 7 nitrogen and oxygen atoms in total. The van der Waals surface area contributed by atoms with Crippen LogP contribution in [-0.4, -0.2) is 52.3 Å². The maximum absolute atomic E-state index is 12.6. The minimum absolute atomic E-state index is 0.150. The summed E-state index contributed by atoms with van der Waals surface area (Å²) in [5, 5.41) is 11.8. The van der Waals surface area contributed by atoms with Crippen LogP contribution in [0.1, 0.15) is 48.8 Å². The largest absolute Gasteiger partial charge is 0.497 e. The summed E-state index contributed by atoms with van der Waals surface area (Å²) in [4.78, 5) is 15.0. The van der Waals surface area contributed by atoms with E-state index < -0.39 is 0 Å².